The number of aryl methyl sites for hydroxylation is 1. The minimum absolute atomic E-state index is 0.0551. The standard InChI is InChI=1S/C9H6F2N2O/c1-4-2-5-3-6(10)7(11)12-8(5)13-9(4)14/h2-3H,1H3,(H,12,13,14). The summed E-state index contributed by atoms with van der Waals surface area (Å²) in [5, 5.41) is 0. The number of hydrogen-bond acceptors (Lipinski definition) is 2. The van der Waals surface area contributed by atoms with Gasteiger partial charge in [0.05, 0.1) is 0 Å². The van der Waals surface area contributed by atoms with Crippen molar-refractivity contribution in [3.63, 3.8) is 0 Å². The highest BCUT2D eigenvalue weighted by Crippen LogP contribution is 2.18. The summed E-state index contributed by atoms with van der Waals surface area (Å²) >= 11 is 0. The molecule has 0 aromatic heterocycles. The molecule has 0 aromatic carbocycles. The van der Waals surface area contributed by atoms with Gasteiger partial charge in [-0.05, 0) is 19.1 Å². The van der Waals surface area contributed by atoms with Gasteiger partial charge in [0.1, 0.15) is 5.82 Å². The number of nitrogens with one attached hydrogen (secondary N) is 1. The molecule has 0 aliphatic carbocycles. The van der Waals surface area contributed by atoms with Gasteiger partial charge in [-0.25, -0.2) is 4.39 Å². The van der Waals surface area contributed by atoms with Crippen LogP contribution >= 0.6 is 0 Å². The van der Waals surface area contributed by atoms with Crippen molar-refractivity contribution < 1.29 is 8.78 Å². The molecule has 72 valence electrons. The first-order valence-corrected chi connectivity index (χ1v) is 3.93. The number of aromatic amines is 1. The predicted octanol–water partition coefficient (Wildman–Crippen LogP) is 1.46. The van der Waals surface area contributed by atoms with E-state index in [2.05, 4.69) is 9.97 Å². The highest BCUT2D eigenvalue weighted by molar-refractivity contribution is 5.56. The van der Waals surface area contributed by atoms with Crippen molar-refractivity contribution in [2.45, 2.75) is 6.92 Å². The van der Waals surface area contributed by atoms with E-state index in [1.54, 1.807) is 6.92 Å². The minimum atomic E-state index is -1.12. The second kappa shape index (κ2) is 2.87. The highest BCUT2D eigenvalue weighted by Gasteiger charge is 2.11. The molecule has 2 heterocycles. The van der Waals surface area contributed by atoms with Crippen molar-refractivity contribution in [1.29, 1.82) is 0 Å². The largest absolute Gasteiger partial charge is 0.314 e. The summed E-state index contributed by atoms with van der Waals surface area (Å²) in [6.45, 7) is 1.57. The topological polar surface area (TPSA) is 45.8 Å². The Balaban J connectivity index is 2.85. The quantitative estimate of drug-likeness (QED) is 0.648. The summed E-state index contributed by atoms with van der Waals surface area (Å²) in [4.78, 5) is 16.7. The van der Waals surface area contributed by atoms with E-state index >= 15 is 0 Å². The van der Waals surface area contributed by atoms with E-state index in [9.17, 15) is 13.6 Å². The van der Waals surface area contributed by atoms with Crippen molar-refractivity contribution in [3.8, 4) is 11.4 Å². The van der Waals surface area contributed by atoms with Crippen LogP contribution in [0, 0.1) is 18.7 Å². The molecule has 0 spiro atoms. The van der Waals surface area contributed by atoms with Crippen LogP contribution in [0.1, 0.15) is 5.56 Å². The first-order valence-electron chi connectivity index (χ1n) is 3.93. The Morgan fingerprint density at radius 2 is 2.07 bits per heavy atom. The van der Waals surface area contributed by atoms with Crippen LogP contribution in [0.25, 0.3) is 11.4 Å². The summed E-state index contributed by atoms with van der Waals surface area (Å²) in [5.74, 6) is -2.05. The Labute approximate surface area is 77.8 Å². The summed E-state index contributed by atoms with van der Waals surface area (Å²) in [7, 11) is 0. The third-order valence-corrected chi connectivity index (χ3v) is 1.92. The number of rotatable bonds is 0. The maximum Gasteiger partial charge on any atom is 0.274 e. The molecule has 0 unspecified atom stereocenters. The van der Waals surface area contributed by atoms with Crippen molar-refractivity contribution in [2.75, 3.05) is 0 Å². The fourth-order valence-corrected chi connectivity index (χ4v) is 1.19. The lowest BCUT2D eigenvalue weighted by molar-refractivity contribution is 0.479. The molecule has 2 aliphatic rings. The summed E-state index contributed by atoms with van der Waals surface area (Å²) in [5.41, 5.74) is 0.331. The third-order valence-electron chi connectivity index (χ3n) is 1.92. The van der Waals surface area contributed by atoms with Crippen LogP contribution in [-0.2, 0) is 0 Å². The van der Waals surface area contributed by atoms with E-state index in [0.29, 0.717) is 11.1 Å². The van der Waals surface area contributed by atoms with Crippen LogP contribution < -0.4 is 5.56 Å². The van der Waals surface area contributed by atoms with Gasteiger partial charge in [0, 0.05) is 11.1 Å². The number of aromatic nitrogens is 2. The van der Waals surface area contributed by atoms with Gasteiger partial charge in [0.25, 0.3) is 5.56 Å². The smallest absolute Gasteiger partial charge is 0.274 e. The monoisotopic (exact) mass is 196 g/mol. The number of H-pyrrole nitrogens is 1. The summed E-state index contributed by atoms with van der Waals surface area (Å²) in [6, 6.07) is 2.46. The highest BCUT2D eigenvalue weighted by atomic mass is 19.2. The second-order valence-corrected chi connectivity index (χ2v) is 2.98. The molecule has 0 bridgehead atoms. The molecule has 0 saturated heterocycles. The van der Waals surface area contributed by atoms with Gasteiger partial charge in [-0.15, -0.1) is 0 Å². The fourth-order valence-electron chi connectivity index (χ4n) is 1.19. The SMILES string of the molecule is Cc1cc2cc(F)c(F)[nH]c-2nc1=O. The Bertz CT molecular complexity index is 521. The van der Waals surface area contributed by atoms with E-state index in [1.807, 2.05) is 0 Å². The van der Waals surface area contributed by atoms with Crippen LogP contribution in [0.4, 0.5) is 8.78 Å². The Hall–Kier alpha value is -1.78. The van der Waals surface area contributed by atoms with E-state index in [4.69, 9.17) is 0 Å². The predicted molar refractivity (Wildman–Crippen MR) is 46.1 cm³/mol. The van der Waals surface area contributed by atoms with Crippen LogP contribution in [0.5, 0.6) is 0 Å². The Kier molecular flexibility index (Phi) is 1.80. The fraction of sp³-hybridized carbons (Fsp3) is 0.111. The molecular weight excluding hydrogens is 190 g/mol. The van der Waals surface area contributed by atoms with Gasteiger partial charge < -0.3 is 4.98 Å². The molecule has 3 nitrogen and oxygen atoms in total. The van der Waals surface area contributed by atoms with Gasteiger partial charge in [0.2, 0.25) is 5.95 Å². The number of nitrogens with zero attached hydrogens (tertiary/aromatic N) is 1. The van der Waals surface area contributed by atoms with E-state index < -0.39 is 17.3 Å². The molecule has 5 heteroatoms. The van der Waals surface area contributed by atoms with Crippen LogP contribution in [0.3, 0.4) is 0 Å². The molecule has 2 rings (SSSR count). The van der Waals surface area contributed by atoms with E-state index in [0.717, 1.165) is 6.07 Å². The lowest BCUT2D eigenvalue weighted by Gasteiger charge is -2.05. The summed E-state index contributed by atoms with van der Waals surface area (Å²) in [6.07, 6.45) is 0. The first-order chi connectivity index (χ1) is 6.58. The zero-order chi connectivity index (χ0) is 10.3. The molecule has 0 atom stereocenters. The maximum absolute atomic E-state index is 12.8. The van der Waals surface area contributed by atoms with Gasteiger partial charge in [-0.3, -0.25) is 4.79 Å². The van der Waals surface area contributed by atoms with Crippen molar-refractivity contribution >= 4 is 0 Å². The number of hydrogen-bond donors (Lipinski definition) is 1. The number of pyridine rings is 2. The molecular formula is C9H6F2N2O. The van der Waals surface area contributed by atoms with E-state index in [1.165, 1.54) is 6.07 Å². The van der Waals surface area contributed by atoms with Gasteiger partial charge in [-0.1, -0.05) is 0 Å². The van der Waals surface area contributed by atoms with Gasteiger partial charge >= 0.3 is 0 Å². The lowest BCUT2D eigenvalue weighted by Crippen LogP contribution is -2.13. The average molecular weight is 196 g/mol. The van der Waals surface area contributed by atoms with Crippen LogP contribution in [0.15, 0.2) is 16.9 Å². The second-order valence-electron chi connectivity index (χ2n) is 2.98. The normalized spacial score (nSPS) is 10.8. The zero-order valence-electron chi connectivity index (χ0n) is 7.27. The lowest BCUT2D eigenvalue weighted by atomic mass is 10.1. The molecule has 0 aromatic rings. The molecule has 0 fully saturated rings. The first kappa shape index (κ1) is 8.80. The third kappa shape index (κ3) is 1.26. The molecule has 2 aliphatic heterocycles. The van der Waals surface area contributed by atoms with Crippen LogP contribution in [-0.4, -0.2) is 9.97 Å². The molecule has 0 radical (unpaired) electrons. The summed E-state index contributed by atoms with van der Waals surface area (Å²) < 4.78 is 25.5. The van der Waals surface area contributed by atoms with Gasteiger partial charge in [-0.2, -0.15) is 9.37 Å². The van der Waals surface area contributed by atoms with Crippen molar-refractivity contribution in [2.24, 2.45) is 0 Å². The Morgan fingerprint density at radius 3 is 2.79 bits per heavy atom. The maximum atomic E-state index is 12.8. The molecule has 1 N–H and O–H groups in total. The van der Waals surface area contributed by atoms with Crippen LogP contribution in [0.2, 0.25) is 0 Å². The number of fused-ring (bicyclic) bond motifs is 1. The minimum Gasteiger partial charge on any atom is -0.314 e. The molecule has 0 amide bonds. The average Bonchev–Trinajstić information content (AvgIpc) is 2.11. The van der Waals surface area contributed by atoms with Crippen molar-refractivity contribution in [1.82, 2.24) is 9.97 Å². The van der Waals surface area contributed by atoms with Gasteiger partial charge in [0.15, 0.2) is 5.82 Å². The van der Waals surface area contributed by atoms with Crippen molar-refractivity contribution in [3.05, 3.63) is 39.8 Å². The molecule has 14 heavy (non-hydrogen) atoms. The zero-order valence-corrected chi connectivity index (χ0v) is 7.27. The molecule has 0 saturated carbocycles. The Morgan fingerprint density at radius 1 is 1.36 bits per heavy atom. The van der Waals surface area contributed by atoms with E-state index in [-0.39, 0.29) is 5.82 Å². The number of halogens is 2.